The predicted octanol–water partition coefficient (Wildman–Crippen LogP) is 3.46. The van der Waals surface area contributed by atoms with E-state index in [0.717, 1.165) is 33.0 Å². The van der Waals surface area contributed by atoms with E-state index in [2.05, 4.69) is 49.2 Å². The summed E-state index contributed by atoms with van der Waals surface area (Å²) in [5.41, 5.74) is 1.05. The number of nitrogens with one attached hydrogen (secondary N) is 2. The van der Waals surface area contributed by atoms with Gasteiger partial charge in [0, 0.05) is 19.6 Å². The Morgan fingerprint density at radius 1 is 1.45 bits per heavy atom. The van der Waals surface area contributed by atoms with Gasteiger partial charge in [0.05, 0.1) is 5.56 Å². The minimum atomic E-state index is 0.0387. The summed E-state index contributed by atoms with van der Waals surface area (Å²) in [6.07, 6.45) is 5.92. The third-order valence-corrected chi connectivity index (χ3v) is 5.81. The Morgan fingerprint density at radius 3 is 2.95 bits per heavy atom. The highest BCUT2D eigenvalue weighted by Gasteiger charge is 2.41. The Hall–Kier alpha value is -0.140. The van der Waals surface area contributed by atoms with Crippen molar-refractivity contribution in [2.75, 3.05) is 6.54 Å². The molecule has 1 aromatic rings. The van der Waals surface area contributed by atoms with E-state index in [4.69, 9.17) is 0 Å². The number of carbonyl (C=O) groups excluding carboxylic acids is 1. The standard InChI is InChI=1S/C15H18BrIN2O/c16-13-3-2-10(17)8-12(13)14(20)19-11-4-7-18-15(9-11)5-1-6-15/h2-3,8,11,18H,1,4-7,9H2,(H,19,20). The van der Waals surface area contributed by atoms with Gasteiger partial charge in [0.15, 0.2) is 0 Å². The van der Waals surface area contributed by atoms with Crippen LogP contribution in [-0.2, 0) is 0 Å². The van der Waals surface area contributed by atoms with Gasteiger partial charge < -0.3 is 10.6 Å². The highest BCUT2D eigenvalue weighted by atomic mass is 127. The summed E-state index contributed by atoms with van der Waals surface area (Å²) in [6.45, 7) is 1.01. The minimum Gasteiger partial charge on any atom is -0.349 e. The molecule has 0 radical (unpaired) electrons. The Morgan fingerprint density at radius 2 is 2.25 bits per heavy atom. The molecule has 1 atom stereocenters. The van der Waals surface area contributed by atoms with Gasteiger partial charge in [-0.25, -0.2) is 0 Å². The van der Waals surface area contributed by atoms with Crippen molar-refractivity contribution in [1.82, 2.24) is 10.6 Å². The van der Waals surface area contributed by atoms with Crippen LogP contribution in [0.5, 0.6) is 0 Å². The zero-order chi connectivity index (χ0) is 14.2. The maximum Gasteiger partial charge on any atom is 0.252 e. The molecule has 1 aliphatic heterocycles. The first-order chi connectivity index (χ1) is 9.58. The maximum atomic E-state index is 12.4. The number of carbonyl (C=O) groups is 1. The molecule has 1 unspecified atom stereocenters. The van der Waals surface area contributed by atoms with Crippen LogP contribution in [0.25, 0.3) is 0 Å². The van der Waals surface area contributed by atoms with Crippen LogP contribution in [0, 0.1) is 3.57 Å². The largest absolute Gasteiger partial charge is 0.349 e. The zero-order valence-electron chi connectivity index (χ0n) is 11.2. The molecule has 3 nitrogen and oxygen atoms in total. The number of benzene rings is 1. The summed E-state index contributed by atoms with van der Waals surface area (Å²) in [5.74, 6) is 0.0387. The van der Waals surface area contributed by atoms with E-state index in [1.807, 2.05) is 18.2 Å². The molecule has 1 spiro atoms. The van der Waals surface area contributed by atoms with Crippen molar-refractivity contribution < 1.29 is 4.79 Å². The molecular weight excluding hydrogens is 431 g/mol. The molecule has 1 aromatic carbocycles. The molecule has 0 aromatic heterocycles. The number of hydrogen-bond acceptors (Lipinski definition) is 2. The van der Waals surface area contributed by atoms with Crippen LogP contribution in [0.4, 0.5) is 0 Å². The van der Waals surface area contributed by atoms with E-state index in [1.165, 1.54) is 19.3 Å². The summed E-state index contributed by atoms with van der Waals surface area (Å²) in [4.78, 5) is 12.4. The lowest BCUT2D eigenvalue weighted by molar-refractivity contribution is 0.0852. The molecule has 0 bridgehead atoms. The van der Waals surface area contributed by atoms with Gasteiger partial charge >= 0.3 is 0 Å². The van der Waals surface area contributed by atoms with E-state index >= 15 is 0 Å². The number of halogens is 2. The van der Waals surface area contributed by atoms with Crippen LogP contribution in [0.3, 0.4) is 0 Å². The van der Waals surface area contributed by atoms with Gasteiger partial charge in [0.25, 0.3) is 5.91 Å². The van der Waals surface area contributed by atoms with E-state index in [9.17, 15) is 4.79 Å². The molecule has 1 saturated heterocycles. The fourth-order valence-corrected chi connectivity index (χ4v) is 4.12. The van der Waals surface area contributed by atoms with Crippen molar-refractivity contribution in [2.24, 2.45) is 0 Å². The van der Waals surface area contributed by atoms with Crippen molar-refractivity contribution in [1.29, 1.82) is 0 Å². The Labute approximate surface area is 141 Å². The number of piperidine rings is 1. The van der Waals surface area contributed by atoms with E-state index in [-0.39, 0.29) is 5.91 Å². The smallest absolute Gasteiger partial charge is 0.252 e. The van der Waals surface area contributed by atoms with Crippen molar-refractivity contribution in [3.8, 4) is 0 Å². The second kappa shape index (κ2) is 5.93. The van der Waals surface area contributed by atoms with Crippen molar-refractivity contribution in [3.05, 3.63) is 31.8 Å². The lowest BCUT2D eigenvalue weighted by Gasteiger charge is -2.48. The van der Waals surface area contributed by atoms with Gasteiger partial charge in [0.1, 0.15) is 0 Å². The van der Waals surface area contributed by atoms with Crippen LogP contribution in [-0.4, -0.2) is 24.0 Å². The fraction of sp³-hybridized carbons (Fsp3) is 0.533. The van der Waals surface area contributed by atoms with Crippen LogP contribution in [0.15, 0.2) is 22.7 Å². The molecule has 2 N–H and O–H groups in total. The molecule has 3 rings (SSSR count). The van der Waals surface area contributed by atoms with Crippen molar-refractivity contribution >= 4 is 44.4 Å². The molecule has 1 amide bonds. The summed E-state index contributed by atoms with van der Waals surface area (Å²) in [6, 6.07) is 6.16. The number of rotatable bonds is 2. The first kappa shape index (κ1) is 14.8. The first-order valence-corrected chi connectivity index (χ1v) is 8.96. The quantitative estimate of drug-likeness (QED) is 0.680. The van der Waals surface area contributed by atoms with E-state index in [1.54, 1.807) is 0 Å². The topological polar surface area (TPSA) is 41.1 Å². The molecule has 108 valence electrons. The molecule has 2 aliphatic rings. The third-order valence-electron chi connectivity index (χ3n) is 4.45. The zero-order valence-corrected chi connectivity index (χ0v) is 15.0. The van der Waals surface area contributed by atoms with Crippen LogP contribution < -0.4 is 10.6 Å². The summed E-state index contributed by atoms with van der Waals surface area (Å²) in [5, 5.41) is 6.85. The van der Waals surface area contributed by atoms with Gasteiger partial charge in [-0.15, -0.1) is 0 Å². The number of amides is 1. The van der Waals surface area contributed by atoms with Gasteiger partial charge in [-0.2, -0.15) is 0 Å². The molecule has 1 saturated carbocycles. The average Bonchev–Trinajstić information content (AvgIpc) is 2.40. The van der Waals surface area contributed by atoms with E-state index in [0.29, 0.717) is 11.6 Å². The average molecular weight is 449 g/mol. The Balaban J connectivity index is 1.67. The van der Waals surface area contributed by atoms with Gasteiger partial charge in [0.2, 0.25) is 0 Å². The molecule has 1 heterocycles. The van der Waals surface area contributed by atoms with Crippen molar-refractivity contribution in [2.45, 2.75) is 43.7 Å². The summed E-state index contributed by atoms with van der Waals surface area (Å²) in [7, 11) is 0. The van der Waals surface area contributed by atoms with E-state index < -0.39 is 0 Å². The lowest BCUT2D eigenvalue weighted by Crippen LogP contribution is -2.59. The van der Waals surface area contributed by atoms with Crippen LogP contribution >= 0.6 is 38.5 Å². The lowest BCUT2D eigenvalue weighted by atomic mass is 9.70. The third kappa shape index (κ3) is 3.04. The Kier molecular flexibility index (Phi) is 4.38. The van der Waals surface area contributed by atoms with Gasteiger partial charge in [-0.1, -0.05) is 0 Å². The second-order valence-corrected chi connectivity index (χ2v) is 7.95. The summed E-state index contributed by atoms with van der Waals surface area (Å²) >= 11 is 5.70. The first-order valence-electron chi connectivity index (χ1n) is 7.09. The van der Waals surface area contributed by atoms with Gasteiger partial charge in [-0.05, 0) is 95.4 Å². The highest BCUT2D eigenvalue weighted by Crippen LogP contribution is 2.38. The second-order valence-electron chi connectivity index (χ2n) is 5.85. The Bertz CT molecular complexity index is 531. The SMILES string of the molecule is O=C(NC1CCNC2(CCC2)C1)c1cc(I)ccc1Br. The van der Waals surface area contributed by atoms with Gasteiger partial charge in [-0.3, -0.25) is 4.79 Å². The molecule has 2 fully saturated rings. The minimum absolute atomic E-state index is 0.0387. The van der Waals surface area contributed by atoms with Crippen LogP contribution in [0.2, 0.25) is 0 Å². The predicted molar refractivity (Wildman–Crippen MR) is 91.9 cm³/mol. The highest BCUT2D eigenvalue weighted by molar-refractivity contribution is 14.1. The normalized spacial score (nSPS) is 24.2. The monoisotopic (exact) mass is 448 g/mol. The molecule has 5 heteroatoms. The summed E-state index contributed by atoms with van der Waals surface area (Å²) < 4.78 is 1.94. The molecule has 1 aliphatic carbocycles. The number of hydrogen-bond donors (Lipinski definition) is 2. The maximum absolute atomic E-state index is 12.4. The fourth-order valence-electron chi connectivity index (χ4n) is 3.20. The van der Waals surface area contributed by atoms with Crippen LogP contribution in [0.1, 0.15) is 42.5 Å². The van der Waals surface area contributed by atoms with Crippen molar-refractivity contribution in [3.63, 3.8) is 0 Å². The molecule has 20 heavy (non-hydrogen) atoms. The molecular formula is C15H18BrIN2O.